The molecule has 20 heavy (non-hydrogen) atoms. The predicted octanol–water partition coefficient (Wildman–Crippen LogP) is 3.51. The molecule has 1 aromatic rings. The molecule has 3 aliphatic rings. The van der Waals surface area contributed by atoms with Gasteiger partial charge < -0.3 is 10.2 Å². The summed E-state index contributed by atoms with van der Waals surface area (Å²) in [5.41, 5.74) is 0.593. The van der Waals surface area contributed by atoms with Crippen molar-refractivity contribution in [1.29, 1.82) is 0 Å². The zero-order valence-electron chi connectivity index (χ0n) is 11.1. The molecule has 3 saturated heterocycles. The number of benzene rings is 1. The fourth-order valence-electron chi connectivity index (χ4n) is 3.13. The molecule has 1 N–H and O–H groups in total. The molecule has 4 rings (SSSR count). The van der Waals surface area contributed by atoms with E-state index in [9.17, 15) is 4.39 Å². The first kappa shape index (κ1) is 18.0. The number of nitrogens with one attached hydrogen (secondary N) is 1. The summed E-state index contributed by atoms with van der Waals surface area (Å²) in [6.07, 6.45) is 2.53. The van der Waals surface area contributed by atoms with Gasteiger partial charge in [-0.3, -0.25) is 0 Å². The van der Waals surface area contributed by atoms with Gasteiger partial charge in [-0.1, -0.05) is 17.7 Å². The van der Waals surface area contributed by atoms with Gasteiger partial charge >= 0.3 is 0 Å². The Morgan fingerprint density at radius 1 is 1.25 bits per heavy atom. The van der Waals surface area contributed by atoms with Gasteiger partial charge in [-0.05, 0) is 44.0 Å². The lowest BCUT2D eigenvalue weighted by molar-refractivity contribution is 0.0719. The Bertz CT molecular complexity index is 416. The first-order valence-electron chi connectivity index (χ1n) is 6.62. The van der Waals surface area contributed by atoms with E-state index in [0.717, 1.165) is 12.5 Å². The lowest BCUT2D eigenvalue weighted by Crippen LogP contribution is -2.55. The average Bonchev–Trinajstić information content (AvgIpc) is 2.39. The van der Waals surface area contributed by atoms with E-state index >= 15 is 0 Å². The molecule has 3 fully saturated rings. The van der Waals surface area contributed by atoms with Crippen LogP contribution in [0.4, 0.5) is 4.39 Å². The van der Waals surface area contributed by atoms with Crippen molar-refractivity contribution in [2.24, 2.45) is 5.92 Å². The standard InChI is InChI=1S/C14H18ClFN2.2ClH/c15-12-2-1-3-13(16)11(12)8-17-14-9-18-6-4-10(14)5-7-18;;/h1-3,10,14,17H,4-9H2;2*1H. The van der Waals surface area contributed by atoms with Crippen LogP contribution in [0.15, 0.2) is 18.2 Å². The van der Waals surface area contributed by atoms with Crippen molar-refractivity contribution in [3.05, 3.63) is 34.6 Å². The largest absolute Gasteiger partial charge is 0.308 e. The van der Waals surface area contributed by atoms with Crippen LogP contribution in [0.3, 0.4) is 0 Å². The highest BCUT2D eigenvalue weighted by molar-refractivity contribution is 6.31. The van der Waals surface area contributed by atoms with E-state index in [1.165, 1.54) is 32.0 Å². The second-order valence-corrected chi connectivity index (χ2v) is 5.73. The molecule has 3 heterocycles. The van der Waals surface area contributed by atoms with Crippen molar-refractivity contribution >= 4 is 36.4 Å². The van der Waals surface area contributed by atoms with Gasteiger partial charge in [0.05, 0.1) is 0 Å². The summed E-state index contributed by atoms with van der Waals surface area (Å²) in [5, 5.41) is 4.00. The van der Waals surface area contributed by atoms with Crippen LogP contribution in [-0.2, 0) is 6.54 Å². The highest BCUT2D eigenvalue weighted by Crippen LogP contribution is 2.28. The molecule has 1 unspecified atom stereocenters. The molecular formula is C14H20Cl3FN2. The lowest BCUT2D eigenvalue weighted by atomic mass is 9.84. The van der Waals surface area contributed by atoms with E-state index in [1.54, 1.807) is 12.1 Å². The van der Waals surface area contributed by atoms with Gasteiger partial charge in [-0.2, -0.15) is 0 Å². The maximum Gasteiger partial charge on any atom is 0.129 e. The van der Waals surface area contributed by atoms with Gasteiger partial charge in [0.25, 0.3) is 0 Å². The van der Waals surface area contributed by atoms with Crippen molar-refractivity contribution in [3.63, 3.8) is 0 Å². The predicted molar refractivity (Wildman–Crippen MR) is 85.7 cm³/mol. The Morgan fingerprint density at radius 3 is 2.50 bits per heavy atom. The second kappa shape index (κ2) is 7.81. The Balaban J connectivity index is 0.000001000. The summed E-state index contributed by atoms with van der Waals surface area (Å²) in [6, 6.07) is 5.36. The molecule has 2 nitrogen and oxygen atoms in total. The summed E-state index contributed by atoms with van der Waals surface area (Å²) in [6.45, 7) is 4.07. The molecule has 2 bridgehead atoms. The Kier molecular flexibility index (Phi) is 7.02. The van der Waals surface area contributed by atoms with Crippen molar-refractivity contribution in [2.45, 2.75) is 25.4 Å². The maximum absolute atomic E-state index is 13.7. The van der Waals surface area contributed by atoms with Crippen LogP contribution in [0.2, 0.25) is 5.02 Å². The molecule has 0 amide bonds. The summed E-state index contributed by atoms with van der Waals surface area (Å²) >= 11 is 6.04. The highest BCUT2D eigenvalue weighted by Gasteiger charge is 2.33. The summed E-state index contributed by atoms with van der Waals surface area (Å²) in [7, 11) is 0. The van der Waals surface area contributed by atoms with E-state index in [4.69, 9.17) is 11.6 Å². The van der Waals surface area contributed by atoms with E-state index in [-0.39, 0.29) is 30.6 Å². The quantitative estimate of drug-likeness (QED) is 0.905. The number of hydrogen-bond donors (Lipinski definition) is 1. The normalized spacial score (nSPS) is 27.6. The van der Waals surface area contributed by atoms with Crippen LogP contribution in [0.1, 0.15) is 18.4 Å². The molecule has 0 aliphatic carbocycles. The molecule has 0 radical (unpaired) electrons. The topological polar surface area (TPSA) is 15.3 Å². The van der Waals surface area contributed by atoms with Gasteiger partial charge in [0.15, 0.2) is 0 Å². The number of nitrogens with zero attached hydrogens (tertiary/aromatic N) is 1. The van der Waals surface area contributed by atoms with Crippen molar-refractivity contribution in [2.75, 3.05) is 19.6 Å². The van der Waals surface area contributed by atoms with Crippen LogP contribution in [0, 0.1) is 11.7 Å². The minimum atomic E-state index is -0.212. The third-order valence-corrected chi connectivity index (χ3v) is 4.61. The molecule has 0 spiro atoms. The van der Waals surface area contributed by atoms with Gasteiger partial charge in [0.2, 0.25) is 0 Å². The lowest BCUT2D eigenvalue weighted by Gasteiger charge is -2.45. The summed E-state index contributed by atoms with van der Waals surface area (Å²) < 4.78 is 13.7. The fraction of sp³-hybridized carbons (Fsp3) is 0.571. The summed E-state index contributed by atoms with van der Waals surface area (Å²) in [4.78, 5) is 2.49. The molecule has 3 aliphatic heterocycles. The number of rotatable bonds is 3. The molecule has 1 aromatic carbocycles. The zero-order chi connectivity index (χ0) is 12.5. The van der Waals surface area contributed by atoms with E-state index < -0.39 is 0 Å². The molecule has 6 heteroatoms. The minimum absolute atomic E-state index is 0. The van der Waals surface area contributed by atoms with Crippen LogP contribution in [0.5, 0.6) is 0 Å². The number of piperidine rings is 3. The third kappa shape index (κ3) is 3.77. The zero-order valence-corrected chi connectivity index (χ0v) is 13.5. The van der Waals surface area contributed by atoms with Crippen LogP contribution >= 0.6 is 36.4 Å². The van der Waals surface area contributed by atoms with Crippen molar-refractivity contribution in [3.8, 4) is 0 Å². The van der Waals surface area contributed by atoms with Crippen LogP contribution in [0.25, 0.3) is 0 Å². The number of fused-ring (bicyclic) bond motifs is 3. The Hall–Kier alpha value is -0.0600. The van der Waals surface area contributed by atoms with Gasteiger partial charge in [-0.25, -0.2) is 4.39 Å². The number of halogens is 4. The van der Waals surface area contributed by atoms with E-state index in [2.05, 4.69) is 10.2 Å². The Labute approximate surface area is 136 Å². The molecule has 1 atom stereocenters. The summed E-state index contributed by atoms with van der Waals surface area (Å²) in [5.74, 6) is 0.539. The van der Waals surface area contributed by atoms with Crippen LogP contribution in [-0.4, -0.2) is 30.6 Å². The molecule has 0 saturated carbocycles. The van der Waals surface area contributed by atoms with Crippen LogP contribution < -0.4 is 5.32 Å². The Morgan fingerprint density at radius 2 is 1.95 bits per heavy atom. The minimum Gasteiger partial charge on any atom is -0.308 e. The SMILES string of the molecule is Cl.Cl.Fc1cccc(Cl)c1CNC1CN2CCC1CC2. The monoisotopic (exact) mass is 340 g/mol. The third-order valence-electron chi connectivity index (χ3n) is 4.26. The van der Waals surface area contributed by atoms with Crippen molar-refractivity contribution in [1.82, 2.24) is 10.2 Å². The van der Waals surface area contributed by atoms with Gasteiger partial charge in [0, 0.05) is 29.7 Å². The maximum atomic E-state index is 13.7. The second-order valence-electron chi connectivity index (χ2n) is 5.33. The van der Waals surface area contributed by atoms with Gasteiger partial charge in [-0.15, -0.1) is 24.8 Å². The first-order valence-corrected chi connectivity index (χ1v) is 7.00. The number of hydrogen-bond acceptors (Lipinski definition) is 2. The highest BCUT2D eigenvalue weighted by atomic mass is 35.5. The molecule has 0 aromatic heterocycles. The van der Waals surface area contributed by atoms with E-state index in [0.29, 0.717) is 23.2 Å². The fourth-order valence-corrected chi connectivity index (χ4v) is 3.36. The van der Waals surface area contributed by atoms with E-state index in [1.807, 2.05) is 0 Å². The first-order chi connectivity index (χ1) is 8.74. The van der Waals surface area contributed by atoms with Gasteiger partial charge in [0.1, 0.15) is 5.82 Å². The van der Waals surface area contributed by atoms with Crippen molar-refractivity contribution < 1.29 is 4.39 Å². The average molecular weight is 342 g/mol. The smallest absolute Gasteiger partial charge is 0.129 e. The molecule has 114 valence electrons. The molecular weight excluding hydrogens is 322 g/mol.